The van der Waals surface area contributed by atoms with Gasteiger partial charge in [0.25, 0.3) is 0 Å². The Kier molecular flexibility index (Phi) is 3.50. The Morgan fingerprint density at radius 1 is 0.731 bits per heavy atom. The van der Waals surface area contributed by atoms with Gasteiger partial charge in [-0.15, -0.1) is 0 Å². The lowest BCUT2D eigenvalue weighted by Gasteiger charge is -2.10. The average Bonchev–Trinajstić information content (AvgIpc) is 2.67. The predicted octanol–water partition coefficient (Wildman–Crippen LogP) is 6.67. The molecule has 26 heavy (non-hydrogen) atoms. The number of benzene rings is 4. The fourth-order valence-corrected chi connectivity index (χ4v) is 4.25. The van der Waals surface area contributed by atoms with Gasteiger partial charge < -0.3 is 0 Å². The third kappa shape index (κ3) is 2.39. The number of aromatic nitrogens is 2. The second-order valence-corrected chi connectivity index (χ2v) is 7.48. The predicted molar refractivity (Wildman–Crippen MR) is 112 cm³/mol. The molecule has 0 saturated carbocycles. The summed E-state index contributed by atoms with van der Waals surface area (Å²) in [4.78, 5) is 9.84. The Balaban J connectivity index is 1.92. The first kappa shape index (κ1) is 15.5. The Morgan fingerprint density at radius 3 is 2.00 bits per heavy atom. The molecule has 5 rings (SSSR count). The highest BCUT2D eigenvalue weighted by Gasteiger charge is 2.12. The van der Waals surface area contributed by atoms with Crippen molar-refractivity contribution in [2.45, 2.75) is 6.92 Å². The zero-order chi connectivity index (χ0) is 17.7. The summed E-state index contributed by atoms with van der Waals surface area (Å²) in [5.74, 6) is 0. The molecule has 124 valence electrons. The number of rotatable bonds is 1. The molecule has 0 fully saturated rings. The van der Waals surface area contributed by atoms with E-state index in [1.165, 1.54) is 16.3 Å². The van der Waals surface area contributed by atoms with Crippen LogP contribution in [0.15, 0.2) is 77.4 Å². The molecule has 0 unspecified atom stereocenters. The monoisotopic (exact) mass is 398 g/mol. The molecule has 0 amide bonds. The van der Waals surface area contributed by atoms with Crippen LogP contribution in [0.4, 0.5) is 0 Å². The Morgan fingerprint density at radius 2 is 1.35 bits per heavy atom. The van der Waals surface area contributed by atoms with Gasteiger partial charge in [-0.1, -0.05) is 64.5 Å². The maximum absolute atomic E-state index is 5.02. The molecule has 1 aromatic heterocycles. The van der Waals surface area contributed by atoms with E-state index in [0.717, 1.165) is 37.5 Å². The first-order chi connectivity index (χ1) is 12.7. The van der Waals surface area contributed by atoms with Crippen molar-refractivity contribution in [3.63, 3.8) is 0 Å². The second kappa shape index (κ2) is 5.89. The van der Waals surface area contributed by atoms with Gasteiger partial charge in [-0.2, -0.15) is 0 Å². The van der Waals surface area contributed by atoms with Crippen LogP contribution in [0.3, 0.4) is 0 Å². The highest BCUT2D eigenvalue weighted by atomic mass is 79.9. The first-order valence-corrected chi connectivity index (χ1v) is 9.34. The molecule has 0 radical (unpaired) electrons. The lowest BCUT2D eigenvalue weighted by atomic mass is 9.99. The summed E-state index contributed by atoms with van der Waals surface area (Å²) in [6.07, 6.45) is 1.88. The quantitative estimate of drug-likeness (QED) is 0.294. The molecule has 0 atom stereocenters. The minimum atomic E-state index is 0.891. The van der Waals surface area contributed by atoms with Crippen LogP contribution in [0.5, 0.6) is 0 Å². The van der Waals surface area contributed by atoms with Crippen molar-refractivity contribution in [3.05, 3.63) is 83.0 Å². The summed E-state index contributed by atoms with van der Waals surface area (Å²) in [5.41, 5.74) is 5.06. The van der Waals surface area contributed by atoms with Gasteiger partial charge in [-0.05, 0) is 41.5 Å². The molecule has 3 heteroatoms. The van der Waals surface area contributed by atoms with Crippen LogP contribution >= 0.6 is 15.9 Å². The Hall–Kier alpha value is -2.78. The lowest BCUT2D eigenvalue weighted by Crippen LogP contribution is -1.92. The number of fused-ring (bicyclic) bond motifs is 6. The van der Waals surface area contributed by atoms with Gasteiger partial charge in [-0.25, -0.2) is 4.98 Å². The first-order valence-electron chi connectivity index (χ1n) is 8.54. The smallest absolute Gasteiger partial charge is 0.0979 e. The molecule has 0 saturated heterocycles. The highest BCUT2D eigenvalue weighted by Crippen LogP contribution is 2.34. The molecule has 0 spiro atoms. The van der Waals surface area contributed by atoms with Gasteiger partial charge in [0.05, 0.1) is 22.9 Å². The van der Waals surface area contributed by atoms with E-state index >= 15 is 0 Å². The van der Waals surface area contributed by atoms with Crippen LogP contribution < -0.4 is 0 Å². The molecule has 4 aromatic carbocycles. The summed E-state index contributed by atoms with van der Waals surface area (Å²) >= 11 is 3.58. The second-order valence-electron chi connectivity index (χ2n) is 6.56. The normalized spacial score (nSPS) is 11.5. The van der Waals surface area contributed by atoms with E-state index in [4.69, 9.17) is 9.97 Å². The molecular weight excluding hydrogens is 384 g/mol. The third-order valence-electron chi connectivity index (χ3n) is 4.76. The van der Waals surface area contributed by atoms with E-state index < -0.39 is 0 Å². The van der Waals surface area contributed by atoms with Gasteiger partial charge in [0, 0.05) is 20.8 Å². The summed E-state index contributed by atoms with van der Waals surface area (Å²) in [6.45, 7) is 2.09. The molecular formula is C23H15BrN2. The molecule has 5 aromatic rings. The van der Waals surface area contributed by atoms with Crippen molar-refractivity contribution in [1.29, 1.82) is 0 Å². The van der Waals surface area contributed by atoms with Gasteiger partial charge in [0.2, 0.25) is 0 Å². The number of nitrogens with zero attached hydrogens (tertiary/aromatic N) is 2. The maximum atomic E-state index is 5.02. The largest absolute Gasteiger partial charge is 0.252 e. The van der Waals surface area contributed by atoms with Gasteiger partial charge in [0.15, 0.2) is 0 Å². The van der Waals surface area contributed by atoms with E-state index in [-0.39, 0.29) is 0 Å². The van der Waals surface area contributed by atoms with Crippen molar-refractivity contribution < 1.29 is 0 Å². The molecule has 0 aliphatic rings. The molecule has 1 heterocycles. The average molecular weight is 399 g/mol. The maximum Gasteiger partial charge on any atom is 0.0979 e. The summed E-state index contributed by atoms with van der Waals surface area (Å²) < 4.78 is 1.05. The van der Waals surface area contributed by atoms with E-state index in [1.807, 2.05) is 6.20 Å². The zero-order valence-electron chi connectivity index (χ0n) is 14.2. The van der Waals surface area contributed by atoms with E-state index in [0.29, 0.717) is 0 Å². The molecule has 2 nitrogen and oxygen atoms in total. The topological polar surface area (TPSA) is 25.8 Å². The van der Waals surface area contributed by atoms with Crippen LogP contribution in [0.25, 0.3) is 43.8 Å². The van der Waals surface area contributed by atoms with Crippen molar-refractivity contribution in [3.8, 4) is 11.3 Å². The third-order valence-corrected chi connectivity index (χ3v) is 5.22. The Labute approximate surface area is 159 Å². The van der Waals surface area contributed by atoms with Crippen LogP contribution in [-0.4, -0.2) is 9.97 Å². The summed E-state index contributed by atoms with van der Waals surface area (Å²) in [5, 5.41) is 4.72. The van der Waals surface area contributed by atoms with E-state index in [2.05, 4.69) is 89.6 Å². The van der Waals surface area contributed by atoms with Gasteiger partial charge in [0.1, 0.15) is 0 Å². The number of hydrogen-bond donors (Lipinski definition) is 0. The minimum absolute atomic E-state index is 0.891. The van der Waals surface area contributed by atoms with Crippen LogP contribution in [-0.2, 0) is 0 Å². The summed E-state index contributed by atoms with van der Waals surface area (Å²) in [7, 11) is 0. The molecule has 0 aliphatic heterocycles. The van der Waals surface area contributed by atoms with E-state index in [9.17, 15) is 0 Å². The highest BCUT2D eigenvalue weighted by molar-refractivity contribution is 9.10. The SMILES string of the molecule is Cc1cc(Br)cc(-c2cnc3c4ccccc4c4ccccc4c3n2)c1. The van der Waals surface area contributed by atoms with Crippen LogP contribution in [0.2, 0.25) is 0 Å². The molecule has 0 N–H and O–H groups in total. The number of aryl methyl sites for hydroxylation is 1. The molecule has 0 bridgehead atoms. The van der Waals surface area contributed by atoms with Crippen molar-refractivity contribution in [2.24, 2.45) is 0 Å². The lowest BCUT2D eigenvalue weighted by molar-refractivity contribution is 1.30. The standard InChI is InChI=1S/C23H15BrN2/c1-14-10-15(12-16(24)11-14)21-13-25-22-19-8-4-2-6-17(19)18-7-3-5-9-20(18)23(22)26-21/h2-13H,1H3. The number of halogens is 1. The fraction of sp³-hybridized carbons (Fsp3) is 0.0435. The fourth-order valence-electron chi connectivity index (χ4n) is 3.65. The van der Waals surface area contributed by atoms with Crippen LogP contribution in [0, 0.1) is 6.92 Å². The van der Waals surface area contributed by atoms with Crippen molar-refractivity contribution in [1.82, 2.24) is 9.97 Å². The zero-order valence-corrected chi connectivity index (χ0v) is 15.8. The van der Waals surface area contributed by atoms with E-state index in [1.54, 1.807) is 0 Å². The van der Waals surface area contributed by atoms with Gasteiger partial charge in [-0.3, -0.25) is 4.98 Å². The van der Waals surface area contributed by atoms with Gasteiger partial charge >= 0.3 is 0 Å². The summed E-state index contributed by atoms with van der Waals surface area (Å²) in [6, 6.07) is 23.2. The number of hydrogen-bond acceptors (Lipinski definition) is 2. The van der Waals surface area contributed by atoms with Crippen molar-refractivity contribution >= 4 is 48.5 Å². The van der Waals surface area contributed by atoms with Crippen LogP contribution in [0.1, 0.15) is 5.56 Å². The Bertz CT molecular complexity index is 1250. The molecule has 0 aliphatic carbocycles. The minimum Gasteiger partial charge on any atom is -0.252 e. The van der Waals surface area contributed by atoms with Crippen molar-refractivity contribution in [2.75, 3.05) is 0 Å².